The molecule has 0 rings (SSSR count). The van der Waals surface area contributed by atoms with E-state index in [2.05, 4.69) is 12.2 Å². The van der Waals surface area contributed by atoms with E-state index in [0.717, 1.165) is 25.7 Å². The summed E-state index contributed by atoms with van der Waals surface area (Å²) in [6.45, 7) is 1.55. The molecule has 0 aromatic carbocycles. The highest BCUT2D eigenvalue weighted by Crippen LogP contribution is 2.11. The molecule has 0 aliphatic heterocycles. The molecule has 0 aromatic heterocycles. The first-order valence-electron chi connectivity index (χ1n) is 5.99. The Hall–Kier alpha value is -0.330. The van der Waals surface area contributed by atoms with E-state index in [4.69, 9.17) is 4.74 Å². The van der Waals surface area contributed by atoms with Crippen molar-refractivity contribution in [1.29, 1.82) is 0 Å². The summed E-state index contributed by atoms with van der Waals surface area (Å²) in [6, 6.07) is 0. The van der Waals surface area contributed by atoms with Crippen molar-refractivity contribution in [3.8, 4) is 0 Å². The van der Waals surface area contributed by atoms with E-state index in [1.807, 2.05) is 0 Å². The van der Waals surface area contributed by atoms with Crippen LogP contribution in [-0.4, -0.2) is 43.7 Å². The average molecular weight is 257 g/mol. The summed E-state index contributed by atoms with van der Waals surface area (Å²) < 4.78 is 40.4. The van der Waals surface area contributed by atoms with Crippen molar-refractivity contribution >= 4 is 0 Å². The first-order chi connectivity index (χ1) is 7.95. The molecule has 0 aromatic rings. The van der Waals surface area contributed by atoms with Crippen LogP contribution in [-0.2, 0) is 4.74 Å². The number of aliphatic hydroxyl groups excluding tert-OH is 1. The highest BCUT2D eigenvalue weighted by molar-refractivity contribution is 4.61. The summed E-state index contributed by atoms with van der Waals surface area (Å²) in [6.07, 6.45) is -0.817. The SMILES string of the molecule is CCCCCCOCC(O)CNCC(F)(F)F. The lowest BCUT2D eigenvalue weighted by Gasteiger charge is -2.13. The molecule has 3 nitrogen and oxygen atoms in total. The van der Waals surface area contributed by atoms with Crippen molar-refractivity contribution in [2.75, 3.05) is 26.3 Å². The summed E-state index contributed by atoms with van der Waals surface area (Å²) in [5, 5.41) is 11.4. The molecule has 2 N–H and O–H groups in total. The minimum atomic E-state index is -4.24. The predicted octanol–water partition coefficient (Wildman–Crippen LogP) is 2.10. The quantitative estimate of drug-likeness (QED) is 0.589. The number of halogens is 3. The van der Waals surface area contributed by atoms with Gasteiger partial charge in [-0.1, -0.05) is 26.2 Å². The van der Waals surface area contributed by atoms with E-state index in [-0.39, 0.29) is 13.2 Å². The van der Waals surface area contributed by atoms with Gasteiger partial charge in [0, 0.05) is 13.2 Å². The Balaban J connectivity index is 3.26. The fourth-order valence-electron chi connectivity index (χ4n) is 1.29. The molecule has 0 spiro atoms. The average Bonchev–Trinajstić information content (AvgIpc) is 2.21. The first-order valence-corrected chi connectivity index (χ1v) is 5.99. The van der Waals surface area contributed by atoms with Crippen molar-refractivity contribution in [2.24, 2.45) is 0 Å². The molecule has 1 unspecified atom stereocenters. The summed E-state index contributed by atoms with van der Waals surface area (Å²) in [4.78, 5) is 0. The fourth-order valence-corrected chi connectivity index (χ4v) is 1.29. The Morgan fingerprint density at radius 3 is 2.53 bits per heavy atom. The van der Waals surface area contributed by atoms with Crippen LogP contribution in [0.15, 0.2) is 0 Å². The standard InChI is InChI=1S/C11H22F3NO2/c1-2-3-4-5-6-17-8-10(16)7-15-9-11(12,13)14/h10,15-16H,2-9H2,1H3. The van der Waals surface area contributed by atoms with Crippen molar-refractivity contribution in [1.82, 2.24) is 5.32 Å². The van der Waals surface area contributed by atoms with Crippen molar-refractivity contribution in [2.45, 2.75) is 44.9 Å². The maximum absolute atomic E-state index is 11.8. The van der Waals surface area contributed by atoms with Crippen molar-refractivity contribution in [3.05, 3.63) is 0 Å². The van der Waals surface area contributed by atoms with E-state index in [1.165, 1.54) is 0 Å². The summed E-state index contributed by atoms with van der Waals surface area (Å²) in [5.74, 6) is 0. The van der Waals surface area contributed by atoms with Gasteiger partial charge in [-0.05, 0) is 6.42 Å². The Morgan fingerprint density at radius 2 is 1.94 bits per heavy atom. The van der Waals surface area contributed by atoms with Gasteiger partial charge in [0.25, 0.3) is 0 Å². The van der Waals surface area contributed by atoms with Gasteiger partial charge in [-0.15, -0.1) is 0 Å². The zero-order valence-electron chi connectivity index (χ0n) is 10.2. The monoisotopic (exact) mass is 257 g/mol. The molecular weight excluding hydrogens is 235 g/mol. The zero-order valence-corrected chi connectivity index (χ0v) is 10.2. The molecule has 6 heteroatoms. The number of nitrogens with one attached hydrogen (secondary N) is 1. The molecule has 0 aliphatic rings. The molecule has 0 saturated heterocycles. The fraction of sp³-hybridized carbons (Fsp3) is 1.00. The second-order valence-corrected chi connectivity index (χ2v) is 4.04. The van der Waals surface area contributed by atoms with Crippen LogP contribution in [0.2, 0.25) is 0 Å². The number of ether oxygens (including phenoxy) is 1. The topological polar surface area (TPSA) is 41.5 Å². The summed E-state index contributed by atoms with van der Waals surface area (Å²) in [5.41, 5.74) is 0. The number of rotatable bonds is 10. The maximum Gasteiger partial charge on any atom is 0.401 e. The maximum atomic E-state index is 11.8. The second-order valence-electron chi connectivity index (χ2n) is 4.04. The Bertz CT molecular complexity index is 177. The number of hydrogen-bond acceptors (Lipinski definition) is 3. The van der Waals surface area contributed by atoms with Crippen LogP contribution in [0.5, 0.6) is 0 Å². The van der Waals surface area contributed by atoms with Gasteiger partial charge in [-0.2, -0.15) is 13.2 Å². The number of alkyl halides is 3. The molecule has 0 amide bonds. The van der Waals surface area contributed by atoms with Gasteiger partial charge in [0.15, 0.2) is 0 Å². The van der Waals surface area contributed by atoms with Crippen LogP contribution in [0.4, 0.5) is 13.2 Å². The van der Waals surface area contributed by atoms with Gasteiger partial charge in [0.1, 0.15) is 0 Å². The number of aliphatic hydroxyl groups is 1. The van der Waals surface area contributed by atoms with Gasteiger partial charge in [0.2, 0.25) is 0 Å². The third-order valence-corrected chi connectivity index (χ3v) is 2.16. The third-order valence-electron chi connectivity index (χ3n) is 2.16. The lowest BCUT2D eigenvalue weighted by molar-refractivity contribution is -0.125. The van der Waals surface area contributed by atoms with Crippen LogP contribution in [0.3, 0.4) is 0 Å². The first kappa shape index (κ1) is 16.7. The summed E-state index contributed by atoms with van der Waals surface area (Å²) in [7, 11) is 0. The Kier molecular flexibility index (Phi) is 9.49. The lowest BCUT2D eigenvalue weighted by Crippen LogP contribution is -2.36. The van der Waals surface area contributed by atoms with Crippen molar-refractivity contribution < 1.29 is 23.0 Å². The molecular formula is C11H22F3NO2. The van der Waals surface area contributed by atoms with E-state index < -0.39 is 18.8 Å². The largest absolute Gasteiger partial charge is 0.401 e. The van der Waals surface area contributed by atoms with E-state index in [9.17, 15) is 18.3 Å². The van der Waals surface area contributed by atoms with Gasteiger partial charge in [-0.25, -0.2) is 0 Å². The van der Waals surface area contributed by atoms with E-state index >= 15 is 0 Å². The molecule has 0 bridgehead atoms. The van der Waals surface area contributed by atoms with E-state index in [0.29, 0.717) is 6.61 Å². The predicted molar refractivity (Wildman–Crippen MR) is 59.9 cm³/mol. The number of hydrogen-bond donors (Lipinski definition) is 2. The van der Waals surface area contributed by atoms with Crippen molar-refractivity contribution in [3.63, 3.8) is 0 Å². The molecule has 104 valence electrons. The van der Waals surface area contributed by atoms with Gasteiger partial charge in [-0.3, -0.25) is 0 Å². The lowest BCUT2D eigenvalue weighted by atomic mass is 10.2. The molecule has 0 heterocycles. The normalized spacial score (nSPS) is 13.9. The zero-order chi connectivity index (χ0) is 13.1. The van der Waals surface area contributed by atoms with Crippen LogP contribution in [0.1, 0.15) is 32.6 Å². The second kappa shape index (κ2) is 9.67. The number of unbranched alkanes of at least 4 members (excludes halogenated alkanes) is 3. The van der Waals surface area contributed by atoms with Gasteiger partial charge in [0.05, 0.1) is 19.3 Å². The molecule has 0 radical (unpaired) electrons. The van der Waals surface area contributed by atoms with Crippen LogP contribution < -0.4 is 5.32 Å². The molecule has 1 atom stereocenters. The molecule has 17 heavy (non-hydrogen) atoms. The van der Waals surface area contributed by atoms with Gasteiger partial charge < -0.3 is 15.2 Å². The minimum absolute atomic E-state index is 0.0803. The minimum Gasteiger partial charge on any atom is -0.389 e. The van der Waals surface area contributed by atoms with Crippen LogP contribution in [0, 0.1) is 0 Å². The molecule has 0 aliphatic carbocycles. The van der Waals surface area contributed by atoms with E-state index in [1.54, 1.807) is 0 Å². The summed E-state index contributed by atoms with van der Waals surface area (Å²) >= 11 is 0. The molecule has 0 fully saturated rings. The van der Waals surface area contributed by atoms with Crippen LogP contribution in [0.25, 0.3) is 0 Å². The highest BCUT2D eigenvalue weighted by Gasteiger charge is 2.26. The third kappa shape index (κ3) is 13.6. The smallest absolute Gasteiger partial charge is 0.389 e. The van der Waals surface area contributed by atoms with Gasteiger partial charge >= 0.3 is 6.18 Å². The van der Waals surface area contributed by atoms with Crippen LogP contribution >= 0.6 is 0 Å². The highest BCUT2D eigenvalue weighted by atomic mass is 19.4. The Morgan fingerprint density at radius 1 is 1.24 bits per heavy atom. The molecule has 0 saturated carbocycles. The Labute approximate surface area is 100 Å².